The van der Waals surface area contributed by atoms with Crippen LogP contribution in [0, 0.1) is 5.92 Å². The van der Waals surface area contributed by atoms with Gasteiger partial charge in [0, 0.05) is 31.5 Å². The summed E-state index contributed by atoms with van der Waals surface area (Å²) >= 11 is 0. The molecule has 2 aliphatic rings. The minimum Gasteiger partial charge on any atom is -0.494 e. The molecular weight excluding hydrogens is 316 g/mol. The van der Waals surface area contributed by atoms with E-state index in [4.69, 9.17) is 4.74 Å². The van der Waals surface area contributed by atoms with Gasteiger partial charge in [-0.2, -0.15) is 0 Å². The highest BCUT2D eigenvalue weighted by Gasteiger charge is 2.36. The van der Waals surface area contributed by atoms with Gasteiger partial charge in [-0.25, -0.2) is 0 Å². The zero-order valence-electron chi connectivity index (χ0n) is 15.0. The number of piperidine rings is 1. The van der Waals surface area contributed by atoms with E-state index in [1.165, 1.54) is 0 Å². The van der Waals surface area contributed by atoms with Gasteiger partial charge in [-0.05, 0) is 43.4 Å². The predicted octanol–water partition coefficient (Wildman–Crippen LogP) is 2.54. The van der Waals surface area contributed by atoms with Crippen molar-refractivity contribution in [1.82, 2.24) is 10.2 Å². The SMILES string of the molecule is CCCOc1cccc(CC(=O)N2CCCCC2C2CNC(=O)C2)c1. The van der Waals surface area contributed by atoms with Gasteiger partial charge in [-0.3, -0.25) is 9.59 Å². The Morgan fingerprint density at radius 3 is 3.00 bits per heavy atom. The third kappa shape index (κ3) is 4.53. The lowest BCUT2D eigenvalue weighted by atomic mass is 9.89. The lowest BCUT2D eigenvalue weighted by Gasteiger charge is -2.39. The van der Waals surface area contributed by atoms with E-state index in [0.717, 1.165) is 43.5 Å². The van der Waals surface area contributed by atoms with E-state index in [9.17, 15) is 9.59 Å². The first-order chi connectivity index (χ1) is 12.2. The highest BCUT2D eigenvalue weighted by Crippen LogP contribution is 2.28. The van der Waals surface area contributed by atoms with Crippen LogP contribution in [-0.2, 0) is 16.0 Å². The highest BCUT2D eigenvalue weighted by atomic mass is 16.5. The number of benzene rings is 1. The third-order valence-corrected chi connectivity index (χ3v) is 5.15. The molecule has 25 heavy (non-hydrogen) atoms. The molecule has 2 aliphatic heterocycles. The number of ether oxygens (including phenoxy) is 1. The van der Waals surface area contributed by atoms with Crippen LogP contribution < -0.4 is 10.1 Å². The molecule has 0 radical (unpaired) electrons. The van der Waals surface area contributed by atoms with E-state index in [0.29, 0.717) is 26.0 Å². The number of hydrogen-bond donors (Lipinski definition) is 1. The first-order valence-electron chi connectivity index (χ1n) is 9.45. The molecule has 1 aromatic carbocycles. The van der Waals surface area contributed by atoms with Gasteiger partial charge in [0.15, 0.2) is 0 Å². The van der Waals surface area contributed by atoms with Crippen molar-refractivity contribution in [2.45, 2.75) is 51.5 Å². The van der Waals surface area contributed by atoms with E-state index in [1.807, 2.05) is 29.2 Å². The molecule has 2 saturated heterocycles. The molecule has 2 heterocycles. The molecule has 2 unspecified atom stereocenters. The van der Waals surface area contributed by atoms with Gasteiger partial charge >= 0.3 is 0 Å². The smallest absolute Gasteiger partial charge is 0.227 e. The molecule has 0 spiro atoms. The van der Waals surface area contributed by atoms with Crippen LogP contribution in [0.3, 0.4) is 0 Å². The minimum absolute atomic E-state index is 0.115. The Morgan fingerprint density at radius 2 is 2.24 bits per heavy atom. The molecule has 0 saturated carbocycles. The van der Waals surface area contributed by atoms with Crippen molar-refractivity contribution < 1.29 is 14.3 Å². The molecule has 136 valence electrons. The van der Waals surface area contributed by atoms with Crippen LogP contribution in [0.4, 0.5) is 0 Å². The van der Waals surface area contributed by atoms with Gasteiger partial charge in [0.25, 0.3) is 0 Å². The molecule has 0 bridgehead atoms. The van der Waals surface area contributed by atoms with Gasteiger partial charge < -0.3 is 15.0 Å². The van der Waals surface area contributed by atoms with Crippen LogP contribution in [-0.4, -0.2) is 42.5 Å². The Hall–Kier alpha value is -2.04. The van der Waals surface area contributed by atoms with Gasteiger partial charge in [0.1, 0.15) is 5.75 Å². The number of hydrogen-bond acceptors (Lipinski definition) is 3. The average Bonchev–Trinajstić information content (AvgIpc) is 3.06. The zero-order valence-corrected chi connectivity index (χ0v) is 15.0. The fourth-order valence-electron chi connectivity index (χ4n) is 3.90. The standard InChI is InChI=1S/C20H28N2O3/c1-2-10-25-17-7-5-6-15(11-17)12-20(24)22-9-4-3-8-18(22)16-13-19(23)21-14-16/h5-7,11,16,18H,2-4,8-10,12-14H2,1H3,(H,21,23). The summed E-state index contributed by atoms with van der Waals surface area (Å²) in [5, 5.41) is 2.91. The average molecular weight is 344 g/mol. The van der Waals surface area contributed by atoms with E-state index < -0.39 is 0 Å². The Kier molecular flexibility index (Phi) is 5.95. The maximum Gasteiger partial charge on any atom is 0.227 e. The summed E-state index contributed by atoms with van der Waals surface area (Å²) in [4.78, 5) is 26.5. The second-order valence-corrected chi connectivity index (χ2v) is 7.09. The van der Waals surface area contributed by atoms with Crippen molar-refractivity contribution in [3.8, 4) is 5.75 Å². The topological polar surface area (TPSA) is 58.6 Å². The molecular formula is C20H28N2O3. The Bertz CT molecular complexity index is 617. The maximum atomic E-state index is 12.9. The summed E-state index contributed by atoms with van der Waals surface area (Å²) in [7, 11) is 0. The number of amides is 2. The molecule has 2 amide bonds. The normalized spacial score (nSPS) is 23.4. The van der Waals surface area contributed by atoms with E-state index >= 15 is 0 Å². The number of likely N-dealkylation sites (tertiary alicyclic amines) is 1. The number of nitrogens with zero attached hydrogens (tertiary/aromatic N) is 1. The lowest BCUT2D eigenvalue weighted by Crippen LogP contribution is -2.48. The van der Waals surface area contributed by atoms with E-state index in [-0.39, 0.29) is 23.8 Å². The van der Waals surface area contributed by atoms with Gasteiger partial charge in [0.2, 0.25) is 11.8 Å². The minimum atomic E-state index is 0.115. The van der Waals surface area contributed by atoms with Crippen LogP contribution >= 0.6 is 0 Å². The van der Waals surface area contributed by atoms with Crippen molar-refractivity contribution in [3.05, 3.63) is 29.8 Å². The maximum absolute atomic E-state index is 12.9. The summed E-state index contributed by atoms with van der Waals surface area (Å²) in [5.74, 6) is 1.37. The number of rotatable bonds is 6. The second kappa shape index (κ2) is 8.37. The zero-order chi connectivity index (χ0) is 17.6. The quantitative estimate of drug-likeness (QED) is 0.863. The number of nitrogens with one attached hydrogen (secondary N) is 1. The Balaban J connectivity index is 1.65. The third-order valence-electron chi connectivity index (χ3n) is 5.15. The first kappa shape index (κ1) is 17.8. The Morgan fingerprint density at radius 1 is 1.36 bits per heavy atom. The van der Waals surface area contributed by atoms with Crippen molar-refractivity contribution in [2.24, 2.45) is 5.92 Å². The fourth-order valence-corrected chi connectivity index (χ4v) is 3.90. The molecule has 0 aliphatic carbocycles. The number of carbonyl (C=O) groups is 2. The molecule has 0 aromatic heterocycles. The molecule has 1 N–H and O–H groups in total. The monoisotopic (exact) mass is 344 g/mol. The van der Waals surface area contributed by atoms with Crippen molar-refractivity contribution in [2.75, 3.05) is 19.7 Å². The number of carbonyl (C=O) groups excluding carboxylic acids is 2. The van der Waals surface area contributed by atoms with Crippen molar-refractivity contribution >= 4 is 11.8 Å². The fraction of sp³-hybridized carbons (Fsp3) is 0.600. The predicted molar refractivity (Wildman–Crippen MR) is 96.4 cm³/mol. The van der Waals surface area contributed by atoms with Crippen molar-refractivity contribution in [3.63, 3.8) is 0 Å². The van der Waals surface area contributed by atoms with Crippen LogP contribution in [0.1, 0.15) is 44.6 Å². The molecule has 2 fully saturated rings. The summed E-state index contributed by atoms with van der Waals surface area (Å²) in [6.45, 7) is 4.27. The van der Waals surface area contributed by atoms with Gasteiger partial charge in [0.05, 0.1) is 13.0 Å². The first-order valence-corrected chi connectivity index (χ1v) is 9.45. The largest absolute Gasteiger partial charge is 0.494 e. The lowest BCUT2D eigenvalue weighted by molar-refractivity contribution is -0.135. The summed E-state index contributed by atoms with van der Waals surface area (Å²) in [6, 6.07) is 8.02. The summed E-state index contributed by atoms with van der Waals surface area (Å²) in [5.41, 5.74) is 0.989. The van der Waals surface area contributed by atoms with Crippen LogP contribution in [0.5, 0.6) is 5.75 Å². The second-order valence-electron chi connectivity index (χ2n) is 7.09. The van der Waals surface area contributed by atoms with Crippen LogP contribution in [0.2, 0.25) is 0 Å². The molecule has 3 rings (SSSR count). The summed E-state index contributed by atoms with van der Waals surface area (Å²) in [6.07, 6.45) is 5.11. The summed E-state index contributed by atoms with van der Waals surface area (Å²) < 4.78 is 5.67. The van der Waals surface area contributed by atoms with E-state index in [1.54, 1.807) is 0 Å². The molecule has 5 nitrogen and oxygen atoms in total. The molecule has 5 heteroatoms. The van der Waals surface area contributed by atoms with Gasteiger partial charge in [-0.1, -0.05) is 19.1 Å². The molecule has 1 aromatic rings. The van der Waals surface area contributed by atoms with Crippen molar-refractivity contribution in [1.29, 1.82) is 0 Å². The highest BCUT2D eigenvalue weighted by molar-refractivity contribution is 5.80. The van der Waals surface area contributed by atoms with Crippen LogP contribution in [0.15, 0.2) is 24.3 Å². The van der Waals surface area contributed by atoms with Gasteiger partial charge in [-0.15, -0.1) is 0 Å². The molecule has 2 atom stereocenters. The van der Waals surface area contributed by atoms with E-state index in [2.05, 4.69) is 12.2 Å². The van der Waals surface area contributed by atoms with Crippen LogP contribution in [0.25, 0.3) is 0 Å². The Labute approximate surface area is 149 Å².